The van der Waals surface area contributed by atoms with Crippen molar-refractivity contribution in [3.8, 4) is 0 Å². The quantitative estimate of drug-likeness (QED) is 0.684. The summed E-state index contributed by atoms with van der Waals surface area (Å²) in [5.41, 5.74) is -4.27. The highest BCUT2D eigenvalue weighted by Gasteiger charge is 2.31. The molecule has 0 bridgehead atoms. The van der Waals surface area contributed by atoms with Gasteiger partial charge in [-0.2, -0.15) is 13.2 Å². The summed E-state index contributed by atoms with van der Waals surface area (Å²) in [7, 11) is 0. The molecule has 13 heavy (non-hydrogen) atoms. The predicted molar refractivity (Wildman–Crippen MR) is 44.7 cm³/mol. The molecule has 1 heterocycles. The van der Waals surface area contributed by atoms with Crippen LogP contribution in [0.5, 0.6) is 0 Å². The number of alkyl halides is 3. The van der Waals surface area contributed by atoms with E-state index in [1.165, 1.54) is 6.07 Å². The fraction of sp³-hybridized carbons (Fsp3) is 0.500. The van der Waals surface area contributed by atoms with Gasteiger partial charge in [-0.3, -0.25) is 0 Å². The summed E-state index contributed by atoms with van der Waals surface area (Å²) < 4.78 is 40.5. The van der Waals surface area contributed by atoms with Crippen LogP contribution in [0.15, 0.2) is 21.6 Å². The topological polar surface area (TPSA) is 13.1 Å². The van der Waals surface area contributed by atoms with Gasteiger partial charge in [-0.1, -0.05) is 13.8 Å². The van der Waals surface area contributed by atoms with Crippen LogP contribution in [0.25, 0.3) is 0 Å². The molecule has 1 aromatic rings. The van der Waals surface area contributed by atoms with Crippen LogP contribution in [-0.2, 0) is 0 Å². The molecule has 0 spiro atoms. The molecule has 1 nitrogen and oxygen atoms in total. The maximum absolute atomic E-state index is 11.9. The summed E-state index contributed by atoms with van der Waals surface area (Å²) in [5.74, 6) is 0.689. The second-order valence-electron chi connectivity index (χ2n) is 2.86. The van der Waals surface area contributed by atoms with Crippen molar-refractivity contribution < 1.29 is 17.6 Å². The van der Waals surface area contributed by atoms with Crippen molar-refractivity contribution in [1.82, 2.24) is 0 Å². The van der Waals surface area contributed by atoms with E-state index in [4.69, 9.17) is 4.42 Å². The van der Waals surface area contributed by atoms with Crippen molar-refractivity contribution >= 4 is 11.8 Å². The van der Waals surface area contributed by atoms with Crippen LogP contribution in [0.2, 0.25) is 0 Å². The highest BCUT2D eigenvalue weighted by molar-refractivity contribution is 8.00. The lowest BCUT2D eigenvalue weighted by Crippen LogP contribution is -1.97. The first kappa shape index (κ1) is 10.5. The van der Waals surface area contributed by atoms with Crippen LogP contribution in [0.3, 0.4) is 0 Å². The molecule has 0 radical (unpaired) electrons. The summed E-state index contributed by atoms with van der Waals surface area (Å²) >= 11 is -0.228. The van der Waals surface area contributed by atoms with E-state index in [-0.39, 0.29) is 22.8 Å². The Kier molecular flexibility index (Phi) is 2.95. The maximum atomic E-state index is 11.9. The Balaban J connectivity index is 2.70. The highest BCUT2D eigenvalue weighted by atomic mass is 32.2. The molecular weight excluding hydrogens is 201 g/mol. The Morgan fingerprint density at radius 3 is 2.31 bits per heavy atom. The van der Waals surface area contributed by atoms with Crippen molar-refractivity contribution in [2.24, 2.45) is 0 Å². The fourth-order valence-corrected chi connectivity index (χ4v) is 1.32. The van der Waals surface area contributed by atoms with Crippen LogP contribution in [-0.4, -0.2) is 5.51 Å². The Morgan fingerprint density at radius 2 is 1.92 bits per heavy atom. The van der Waals surface area contributed by atoms with Crippen LogP contribution >= 0.6 is 11.8 Å². The number of thioether (sulfide) groups is 1. The summed E-state index contributed by atoms with van der Waals surface area (Å²) in [6, 6.07) is 2.91. The maximum Gasteiger partial charge on any atom is 0.449 e. The van der Waals surface area contributed by atoms with Crippen molar-refractivity contribution in [3.05, 3.63) is 17.9 Å². The van der Waals surface area contributed by atoms with Gasteiger partial charge in [0, 0.05) is 17.7 Å². The molecule has 0 amide bonds. The van der Waals surface area contributed by atoms with E-state index in [1.807, 2.05) is 13.8 Å². The van der Waals surface area contributed by atoms with E-state index in [0.29, 0.717) is 5.76 Å². The summed E-state index contributed by atoms with van der Waals surface area (Å²) in [4.78, 5) is 0. The zero-order chi connectivity index (χ0) is 10.1. The molecule has 0 saturated heterocycles. The molecule has 0 atom stereocenters. The van der Waals surface area contributed by atoms with Crippen molar-refractivity contribution in [2.45, 2.75) is 30.4 Å². The fourth-order valence-electron chi connectivity index (χ4n) is 0.814. The van der Waals surface area contributed by atoms with Gasteiger partial charge in [-0.15, -0.1) is 0 Å². The van der Waals surface area contributed by atoms with Gasteiger partial charge in [0.1, 0.15) is 5.76 Å². The predicted octanol–water partition coefficient (Wildman–Crippen LogP) is 4.01. The second kappa shape index (κ2) is 3.65. The average molecular weight is 210 g/mol. The molecule has 5 heteroatoms. The molecule has 0 unspecified atom stereocenters. The van der Waals surface area contributed by atoms with Gasteiger partial charge < -0.3 is 4.42 Å². The number of halogens is 3. The molecular formula is C8H9F3OS. The molecule has 74 valence electrons. The third-order valence-electron chi connectivity index (χ3n) is 1.39. The summed E-state index contributed by atoms with van der Waals surface area (Å²) in [6.07, 6.45) is 0. The number of rotatable bonds is 2. The highest BCUT2D eigenvalue weighted by Crippen LogP contribution is 2.38. The van der Waals surface area contributed by atoms with Gasteiger partial charge in [0.2, 0.25) is 0 Å². The smallest absolute Gasteiger partial charge is 0.449 e. The SMILES string of the molecule is CC(C)c1ccc(SC(F)(F)F)o1. The van der Waals surface area contributed by atoms with Crippen LogP contribution in [0.1, 0.15) is 25.5 Å². The van der Waals surface area contributed by atoms with Crippen molar-refractivity contribution in [3.63, 3.8) is 0 Å². The van der Waals surface area contributed by atoms with E-state index >= 15 is 0 Å². The minimum Gasteiger partial charge on any atom is -0.454 e. The number of hydrogen-bond donors (Lipinski definition) is 0. The van der Waals surface area contributed by atoms with Crippen LogP contribution in [0.4, 0.5) is 13.2 Å². The van der Waals surface area contributed by atoms with E-state index in [2.05, 4.69) is 0 Å². The van der Waals surface area contributed by atoms with Gasteiger partial charge in [0.05, 0.1) is 0 Å². The molecule has 0 aromatic carbocycles. The normalized spacial score (nSPS) is 12.5. The zero-order valence-corrected chi connectivity index (χ0v) is 8.00. The van der Waals surface area contributed by atoms with Gasteiger partial charge in [0.25, 0.3) is 0 Å². The molecule has 1 rings (SSSR count). The van der Waals surface area contributed by atoms with E-state index in [1.54, 1.807) is 6.07 Å². The van der Waals surface area contributed by atoms with Crippen LogP contribution in [0, 0.1) is 0 Å². The Morgan fingerprint density at radius 1 is 1.31 bits per heavy atom. The second-order valence-corrected chi connectivity index (χ2v) is 3.93. The molecule has 0 aliphatic carbocycles. The summed E-state index contributed by atoms with van der Waals surface area (Å²) in [5, 5.41) is -0.101. The lowest BCUT2D eigenvalue weighted by atomic mass is 10.2. The van der Waals surface area contributed by atoms with Crippen molar-refractivity contribution in [1.29, 1.82) is 0 Å². The zero-order valence-electron chi connectivity index (χ0n) is 7.18. The standard InChI is InChI=1S/C8H9F3OS/c1-5(2)6-3-4-7(12-6)13-8(9,10)11/h3-5H,1-2H3. The lowest BCUT2D eigenvalue weighted by molar-refractivity contribution is -0.0335. The molecule has 0 aliphatic rings. The van der Waals surface area contributed by atoms with Gasteiger partial charge >= 0.3 is 5.51 Å². The largest absolute Gasteiger partial charge is 0.454 e. The van der Waals surface area contributed by atoms with Crippen molar-refractivity contribution in [2.75, 3.05) is 0 Å². The van der Waals surface area contributed by atoms with Gasteiger partial charge in [-0.05, 0) is 12.1 Å². The first-order chi connectivity index (χ1) is 5.88. The third kappa shape index (κ3) is 3.34. The number of furan rings is 1. The van der Waals surface area contributed by atoms with E-state index in [9.17, 15) is 13.2 Å². The molecule has 1 aromatic heterocycles. The van der Waals surface area contributed by atoms with Gasteiger partial charge in [0.15, 0.2) is 5.09 Å². The van der Waals surface area contributed by atoms with E-state index < -0.39 is 5.51 Å². The monoisotopic (exact) mass is 210 g/mol. The Bertz CT molecular complexity index is 277. The first-order valence-corrected chi connectivity index (χ1v) is 4.55. The Hall–Kier alpha value is -0.580. The number of hydrogen-bond acceptors (Lipinski definition) is 2. The van der Waals surface area contributed by atoms with Gasteiger partial charge in [-0.25, -0.2) is 0 Å². The third-order valence-corrected chi connectivity index (χ3v) is 2.04. The molecule has 0 N–H and O–H groups in total. The minimum absolute atomic E-state index is 0.101. The average Bonchev–Trinajstić information content (AvgIpc) is 2.31. The molecule has 0 fully saturated rings. The van der Waals surface area contributed by atoms with Crippen LogP contribution < -0.4 is 0 Å². The minimum atomic E-state index is -4.27. The Labute approximate surface area is 78.3 Å². The van der Waals surface area contributed by atoms with E-state index in [0.717, 1.165) is 0 Å². The lowest BCUT2D eigenvalue weighted by Gasteiger charge is -2.02. The molecule has 0 saturated carbocycles. The summed E-state index contributed by atoms with van der Waals surface area (Å²) in [6.45, 7) is 3.72. The first-order valence-electron chi connectivity index (χ1n) is 3.74. The molecule has 0 aliphatic heterocycles.